The number of hydrogen-bond donors (Lipinski definition) is 5. The maximum Gasteiger partial charge on any atom is 0.229 e. The molecule has 4 aliphatic rings. The Hall–Kier alpha value is -11.5. The van der Waals surface area contributed by atoms with Crippen molar-refractivity contribution in [2.45, 2.75) is 156 Å². The van der Waals surface area contributed by atoms with Gasteiger partial charge in [0.15, 0.2) is 23.3 Å². The third kappa shape index (κ3) is 20.0. The molecule has 0 spiro atoms. The van der Waals surface area contributed by atoms with Crippen LogP contribution in [0, 0.1) is 5.82 Å². The van der Waals surface area contributed by atoms with Crippen molar-refractivity contribution in [3.63, 3.8) is 0 Å². The molecule has 12 aromatic rings. The molecule has 16 rings (SSSR count). The smallest absolute Gasteiger partial charge is 0.229 e. The van der Waals surface area contributed by atoms with Gasteiger partial charge in [-0.2, -0.15) is 0 Å². The summed E-state index contributed by atoms with van der Waals surface area (Å²) < 4.78 is 14.1. The lowest BCUT2D eigenvalue weighted by Crippen LogP contribution is -2.19. The lowest BCUT2D eigenvalue weighted by atomic mass is 9.91. The number of fused-ring (bicyclic) bond motifs is 12. The Morgan fingerprint density at radius 1 is 0.348 bits per heavy atom. The molecule has 0 saturated carbocycles. The predicted molar refractivity (Wildman–Crippen MR) is 445 cm³/mol. The van der Waals surface area contributed by atoms with E-state index in [1.807, 2.05) is 66.7 Å². The molecule has 0 bridgehead atoms. The minimum absolute atomic E-state index is 0.0647. The van der Waals surface area contributed by atoms with Crippen LogP contribution in [0.3, 0.4) is 0 Å². The molecule has 568 valence electrons. The van der Waals surface area contributed by atoms with E-state index in [0.29, 0.717) is 34.7 Å². The zero-order chi connectivity index (χ0) is 78.0. The Morgan fingerprint density at radius 2 is 0.598 bits per heavy atom. The minimum atomic E-state index is -0.310. The van der Waals surface area contributed by atoms with Gasteiger partial charge in [0.25, 0.3) is 0 Å². The highest BCUT2D eigenvalue weighted by molar-refractivity contribution is 9.10. The number of rotatable bonds is 20. The second kappa shape index (κ2) is 37.4. The summed E-state index contributed by atoms with van der Waals surface area (Å²) in [5.74, 6) is 1.75. The van der Waals surface area contributed by atoms with Gasteiger partial charge < -0.3 is 26.4 Å². The molecule has 112 heavy (non-hydrogen) atoms. The van der Waals surface area contributed by atoms with E-state index in [1.165, 1.54) is 39.9 Å². The molecule has 0 saturated heterocycles. The van der Waals surface area contributed by atoms with Crippen molar-refractivity contribution >= 4 is 74.4 Å². The molecule has 4 amide bonds. The van der Waals surface area contributed by atoms with Gasteiger partial charge in [-0.1, -0.05) is 227 Å². The second-order valence-corrected chi connectivity index (χ2v) is 29.7. The highest BCUT2D eigenvalue weighted by Gasteiger charge is 2.27. The number of aromatic nitrogens is 8. The van der Waals surface area contributed by atoms with Crippen molar-refractivity contribution in [2.24, 2.45) is 0 Å². The summed E-state index contributed by atoms with van der Waals surface area (Å²) in [6.45, 7) is 8.40. The number of aromatic hydroxyl groups is 1. The monoisotopic (exact) mass is 1570 g/mol. The van der Waals surface area contributed by atoms with Crippen LogP contribution in [0.4, 0.5) is 27.7 Å². The summed E-state index contributed by atoms with van der Waals surface area (Å²) in [4.78, 5) is 89.1. The average molecular weight is 1580 g/mol. The van der Waals surface area contributed by atoms with Crippen LogP contribution in [0.1, 0.15) is 143 Å². The SMILES string of the molecule is CCCc1nc2c(nc1NC(=O)Cc1ccc(Br)cc1)CCc1ccccc1-2.CCCc1nc2c(nc1NC(=O)Cc1ccc(Cl)cc1)CCc1ccccc1-2.CCCc1nc2c(nc1NC(=O)Cc1ccc(F)cc1)CCc1ccccc1-2.CCCc1nc2c(nc1NC(=O)Cc1ccc(O)cc1)CCc1ccccc1-2. The normalized spacial score (nSPS) is 12.2. The van der Waals surface area contributed by atoms with Gasteiger partial charge in [0.2, 0.25) is 23.6 Å². The summed E-state index contributed by atoms with van der Waals surface area (Å²) >= 11 is 9.34. The van der Waals surface area contributed by atoms with Gasteiger partial charge in [-0.25, -0.2) is 44.3 Å². The summed E-state index contributed by atoms with van der Waals surface area (Å²) in [5, 5.41) is 21.9. The fourth-order valence-corrected chi connectivity index (χ4v) is 14.8. The summed E-state index contributed by atoms with van der Waals surface area (Å²) in [6.07, 6.45) is 14.9. The van der Waals surface area contributed by atoms with Gasteiger partial charge >= 0.3 is 0 Å². The molecule has 0 unspecified atom stereocenters. The van der Waals surface area contributed by atoms with Crippen molar-refractivity contribution in [3.05, 3.63) is 299 Å². The van der Waals surface area contributed by atoms with E-state index < -0.39 is 0 Å². The molecule has 0 atom stereocenters. The Kier molecular flexibility index (Phi) is 26.3. The van der Waals surface area contributed by atoms with Crippen LogP contribution < -0.4 is 21.3 Å². The van der Waals surface area contributed by atoms with Crippen LogP contribution in [0.25, 0.3) is 45.0 Å². The van der Waals surface area contributed by atoms with Crippen LogP contribution >= 0.6 is 27.5 Å². The molecule has 17 nitrogen and oxygen atoms in total. The first-order valence-corrected chi connectivity index (χ1v) is 39.9. The first-order chi connectivity index (χ1) is 54.5. The average Bonchev–Trinajstić information content (AvgIpc) is 0.793. The predicted octanol–water partition coefficient (Wildman–Crippen LogP) is 18.8. The number of anilines is 4. The molecule has 4 aliphatic carbocycles. The van der Waals surface area contributed by atoms with Crippen LogP contribution in [-0.2, 0) is 122 Å². The van der Waals surface area contributed by atoms with E-state index >= 15 is 0 Å². The number of hydrogen-bond acceptors (Lipinski definition) is 13. The molecular formula is C92H89BrClFN12O5. The van der Waals surface area contributed by atoms with E-state index in [2.05, 4.69) is 132 Å². The Bertz CT molecular complexity index is 4730. The number of benzene rings is 8. The molecule has 20 heteroatoms. The zero-order valence-electron chi connectivity index (χ0n) is 63.4. The second-order valence-electron chi connectivity index (χ2n) is 28.3. The van der Waals surface area contributed by atoms with Crippen LogP contribution in [-0.4, -0.2) is 68.6 Å². The number of nitrogens with zero attached hydrogens (tertiary/aromatic N) is 8. The van der Waals surface area contributed by atoms with Gasteiger partial charge in [0, 0.05) is 31.7 Å². The molecule has 5 N–H and O–H groups in total. The fourth-order valence-electron chi connectivity index (χ4n) is 14.4. The number of carbonyl (C=O) groups excluding carboxylic acids is 4. The third-order valence-electron chi connectivity index (χ3n) is 19.9. The summed E-state index contributed by atoms with van der Waals surface area (Å²) in [6, 6.07) is 61.1. The highest BCUT2D eigenvalue weighted by Crippen LogP contribution is 2.38. The van der Waals surface area contributed by atoms with E-state index in [4.69, 9.17) is 51.5 Å². The van der Waals surface area contributed by atoms with E-state index in [0.717, 1.165) is 214 Å². The van der Waals surface area contributed by atoms with Gasteiger partial charge in [-0.3, -0.25) is 19.2 Å². The Balaban J connectivity index is 0.000000131. The Morgan fingerprint density at radius 3 is 0.875 bits per heavy atom. The van der Waals surface area contributed by atoms with Crippen LogP contribution in [0.5, 0.6) is 5.75 Å². The molecule has 0 aliphatic heterocycles. The first-order valence-electron chi connectivity index (χ1n) is 38.7. The number of nitrogens with one attached hydrogen (secondary N) is 4. The van der Waals surface area contributed by atoms with Crippen molar-refractivity contribution in [2.75, 3.05) is 21.3 Å². The number of phenols is 1. The molecule has 8 aromatic carbocycles. The zero-order valence-corrected chi connectivity index (χ0v) is 65.8. The summed E-state index contributed by atoms with van der Waals surface area (Å²) in [5.41, 5.74) is 24.3. The van der Waals surface area contributed by atoms with E-state index in [1.54, 1.807) is 48.5 Å². The van der Waals surface area contributed by atoms with E-state index in [9.17, 15) is 28.7 Å². The van der Waals surface area contributed by atoms with Crippen molar-refractivity contribution < 1.29 is 28.7 Å². The van der Waals surface area contributed by atoms with Crippen LogP contribution in [0.2, 0.25) is 5.02 Å². The van der Waals surface area contributed by atoms with Crippen molar-refractivity contribution in [3.8, 4) is 50.8 Å². The number of aryl methyl sites for hydroxylation is 12. The number of phenolic OH excluding ortho intramolecular Hbond substituents is 1. The van der Waals surface area contributed by atoms with Gasteiger partial charge in [-0.05, 0) is 170 Å². The largest absolute Gasteiger partial charge is 0.508 e. The molecule has 0 fully saturated rings. The van der Waals surface area contributed by atoms with E-state index in [-0.39, 0.29) is 54.5 Å². The number of carbonyl (C=O) groups is 4. The number of amides is 4. The first kappa shape index (κ1) is 78.6. The third-order valence-corrected chi connectivity index (χ3v) is 20.7. The lowest BCUT2D eigenvalue weighted by Gasteiger charge is -2.20. The fraction of sp³-hybridized carbons (Fsp3) is 0.261. The molecule has 0 radical (unpaired) electrons. The maximum atomic E-state index is 13.1. The summed E-state index contributed by atoms with van der Waals surface area (Å²) in [7, 11) is 0. The number of halogens is 3. The van der Waals surface area contributed by atoms with Gasteiger partial charge in [0.05, 0.1) is 94.0 Å². The molecular weight excluding hydrogens is 1490 g/mol. The van der Waals surface area contributed by atoms with Crippen LogP contribution in [0.15, 0.2) is 199 Å². The van der Waals surface area contributed by atoms with Gasteiger partial charge in [0.1, 0.15) is 11.6 Å². The quantitative estimate of drug-likeness (QED) is 0.0478. The lowest BCUT2D eigenvalue weighted by molar-refractivity contribution is -0.116. The minimum Gasteiger partial charge on any atom is -0.508 e. The standard InChI is InChI=1S/C23H22BrN3O.C23H22ClN3O.C23H22FN3O.C23H23N3O2/c3*1-2-5-20-23(27-21(28)14-15-8-11-17(24)12-9-15)26-19-13-10-16-6-3-4-7-18(16)22(19)25-20;1-2-5-20-23(26-21(28)14-15-8-11-17(27)12-9-15)25-19-13-10-16-6-3-4-7-18(16)22(19)24-20/h3*3-4,6-9,11-12H,2,5,10,13-14H2,1H3,(H,26,27,28);3-4,6-9,11-12,27H,2,5,10,13-14H2,1H3,(H,25,26,28). The Labute approximate surface area is 666 Å². The highest BCUT2D eigenvalue weighted by atomic mass is 79.9. The maximum absolute atomic E-state index is 13.1. The van der Waals surface area contributed by atoms with Crippen molar-refractivity contribution in [1.82, 2.24) is 39.9 Å². The van der Waals surface area contributed by atoms with Crippen molar-refractivity contribution in [1.29, 1.82) is 0 Å². The topological polar surface area (TPSA) is 240 Å². The molecule has 4 aromatic heterocycles. The molecule has 4 heterocycles. The van der Waals surface area contributed by atoms with Gasteiger partial charge in [-0.15, -0.1) is 0 Å².